The zero-order chi connectivity index (χ0) is 18.4. The van der Waals surface area contributed by atoms with Crippen molar-refractivity contribution in [2.24, 2.45) is 0 Å². The number of rotatable bonds is 4. The maximum Gasteiger partial charge on any atom is 0.229 e. The van der Waals surface area contributed by atoms with Crippen molar-refractivity contribution in [2.75, 3.05) is 11.1 Å². The van der Waals surface area contributed by atoms with E-state index in [0.717, 1.165) is 22.3 Å². The summed E-state index contributed by atoms with van der Waals surface area (Å²) in [6.07, 6.45) is 9.76. The van der Waals surface area contributed by atoms with Crippen LogP contribution in [0.25, 0.3) is 22.3 Å². The standard InChI is InChI=1S/C19H16N8/c1-2-13-17(16-8-15(26-27-16)10-3-4-10)23-19(24-18(13)20)22-12-5-6-14-11(7-12)9-21-25-14/h1,5-10H,3-4H2,(H,21,25)(H,26,27)(H3,20,22,23,24). The van der Waals surface area contributed by atoms with Crippen molar-refractivity contribution in [3.63, 3.8) is 0 Å². The number of anilines is 3. The number of nitrogen functional groups attached to an aromatic ring is 1. The van der Waals surface area contributed by atoms with Crippen LogP contribution in [0.5, 0.6) is 0 Å². The fourth-order valence-electron chi connectivity index (χ4n) is 3.07. The molecule has 5 N–H and O–H groups in total. The molecule has 4 aromatic rings. The number of terminal acetylenes is 1. The van der Waals surface area contributed by atoms with Gasteiger partial charge in [0.15, 0.2) is 0 Å². The quantitative estimate of drug-likeness (QED) is 0.417. The lowest BCUT2D eigenvalue weighted by atomic mass is 10.1. The summed E-state index contributed by atoms with van der Waals surface area (Å²) in [6.45, 7) is 0. The fraction of sp³-hybridized carbons (Fsp3) is 0.158. The third-order valence-electron chi connectivity index (χ3n) is 4.64. The van der Waals surface area contributed by atoms with Crippen LogP contribution in [0, 0.1) is 12.3 Å². The number of hydrogen-bond donors (Lipinski definition) is 4. The van der Waals surface area contributed by atoms with Gasteiger partial charge >= 0.3 is 0 Å². The zero-order valence-electron chi connectivity index (χ0n) is 14.3. The second kappa shape index (κ2) is 5.85. The Hall–Kier alpha value is -3.86. The first-order chi connectivity index (χ1) is 13.2. The third kappa shape index (κ3) is 2.75. The van der Waals surface area contributed by atoms with E-state index in [2.05, 4.69) is 41.6 Å². The monoisotopic (exact) mass is 356 g/mol. The van der Waals surface area contributed by atoms with Crippen LogP contribution < -0.4 is 11.1 Å². The normalized spacial score (nSPS) is 13.6. The number of nitrogens with one attached hydrogen (secondary N) is 3. The lowest BCUT2D eigenvalue weighted by Gasteiger charge is -2.09. The highest BCUT2D eigenvalue weighted by Gasteiger charge is 2.26. The van der Waals surface area contributed by atoms with Gasteiger partial charge in [-0.2, -0.15) is 15.2 Å². The molecule has 8 nitrogen and oxygen atoms in total. The highest BCUT2D eigenvalue weighted by Crippen LogP contribution is 2.40. The van der Waals surface area contributed by atoms with Crippen molar-refractivity contribution < 1.29 is 0 Å². The van der Waals surface area contributed by atoms with Crippen LogP contribution in [-0.4, -0.2) is 30.4 Å². The summed E-state index contributed by atoms with van der Waals surface area (Å²) in [4.78, 5) is 8.88. The number of H-pyrrole nitrogens is 2. The van der Waals surface area contributed by atoms with Gasteiger partial charge in [-0.05, 0) is 37.1 Å². The summed E-state index contributed by atoms with van der Waals surface area (Å²) in [7, 11) is 0. The van der Waals surface area contributed by atoms with Crippen molar-refractivity contribution in [1.82, 2.24) is 30.4 Å². The third-order valence-corrected chi connectivity index (χ3v) is 4.64. The van der Waals surface area contributed by atoms with Crippen LogP contribution >= 0.6 is 0 Å². The Balaban J connectivity index is 1.54. The van der Waals surface area contributed by atoms with Gasteiger partial charge in [-0.15, -0.1) is 6.42 Å². The molecule has 0 bridgehead atoms. The average molecular weight is 356 g/mol. The molecule has 0 radical (unpaired) electrons. The molecule has 0 unspecified atom stereocenters. The Morgan fingerprint density at radius 3 is 2.89 bits per heavy atom. The minimum Gasteiger partial charge on any atom is -0.382 e. The number of aromatic amines is 2. The molecule has 1 fully saturated rings. The first kappa shape index (κ1) is 15.4. The highest BCUT2D eigenvalue weighted by atomic mass is 15.2. The van der Waals surface area contributed by atoms with Gasteiger partial charge in [-0.3, -0.25) is 10.2 Å². The van der Waals surface area contributed by atoms with Gasteiger partial charge in [0.2, 0.25) is 5.95 Å². The maximum atomic E-state index is 6.09. The predicted octanol–water partition coefficient (Wildman–Crippen LogP) is 2.93. The highest BCUT2D eigenvalue weighted by molar-refractivity contribution is 5.82. The number of benzene rings is 1. The molecular formula is C19H16N8. The van der Waals surface area contributed by atoms with E-state index in [4.69, 9.17) is 12.2 Å². The smallest absolute Gasteiger partial charge is 0.229 e. The molecular weight excluding hydrogens is 340 g/mol. The van der Waals surface area contributed by atoms with Crippen LogP contribution in [0.3, 0.4) is 0 Å². The van der Waals surface area contributed by atoms with Crippen LogP contribution in [0.2, 0.25) is 0 Å². The summed E-state index contributed by atoms with van der Waals surface area (Å²) >= 11 is 0. The molecule has 1 saturated carbocycles. The summed E-state index contributed by atoms with van der Waals surface area (Å²) in [5, 5.41) is 18.5. The second-order valence-electron chi connectivity index (χ2n) is 6.58. The minimum absolute atomic E-state index is 0.241. The molecule has 5 rings (SSSR count). The topological polar surface area (TPSA) is 121 Å². The van der Waals surface area contributed by atoms with Gasteiger partial charge in [0.1, 0.15) is 17.2 Å². The van der Waals surface area contributed by atoms with Gasteiger partial charge in [0.25, 0.3) is 0 Å². The van der Waals surface area contributed by atoms with E-state index in [1.807, 2.05) is 24.3 Å². The molecule has 0 atom stereocenters. The van der Waals surface area contributed by atoms with E-state index in [0.29, 0.717) is 28.8 Å². The van der Waals surface area contributed by atoms with Gasteiger partial charge in [-0.1, -0.05) is 5.92 Å². The van der Waals surface area contributed by atoms with Crippen molar-refractivity contribution in [3.8, 4) is 23.7 Å². The van der Waals surface area contributed by atoms with Crippen LogP contribution in [-0.2, 0) is 0 Å². The Morgan fingerprint density at radius 1 is 1.19 bits per heavy atom. The van der Waals surface area contributed by atoms with Crippen molar-refractivity contribution in [2.45, 2.75) is 18.8 Å². The molecule has 132 valence electrons. The molecule has 3 aromatic heterocycles. The van der Waals surface area contributed by atoms with Gasteiger partial charge in [0.05, 0.1) is 17.3 Å². The van der Waals surface area contributed by atoms with Gasteiger partial charge in [-0.25, -0.2) is 4.98 Å². The van der Waals surface area contributed by atoms with Crippen LogP contribution in [0.1, 0.15) is 30.0 Å². The van der Waals surface area contributed by atoms with Crippen LogP contribution in [0.15, 0.2) is 30.5 Å². The van der Waals surface area contributed by atoms with E-state index in [1.165, 1.54) is 12.8 Å². The molecule has 0 spiro atoms. The average Bonchev–Trinajstić information content (AvgIpc) is 3.21. The Bertz CT molecular complexity index is 1190. The SMILES string of the molecule is C#Cc1c(N)nc(Nc2ccc3[nH]ncc3c2)nc1-c1cc(C2CC2)[nH]n1. The fourth-order valence-corrected chi connectivity index (χ4v) is 3.07. The first-order valence-electron chi connectivity index (χ1n) is 8.61. The van der Waals surface area contributed by atoms with Crippen LogP contribution in [0.4, 0.5) is 17.5 Å². The predicted molar refractivity (Wildman–Crippen MR) is 103 cm³/mol. The molecule has 1 aromatic carbocycles. The molecule has 3 heterocycles. The van der Waals surface area contributed by atoms with Gasteiger partial charge in [0, 0.05) is 22.7 Å². The van der Waals surface area contributed by atoms with E-state index >= 15 is 0 Å². The summed E-state index contributed by atoms with van der Waals surface area (Å²) in [6, 6.07) is 7.78. The largest absolute Gasteiger partial charge is 0.382 e. The number of fused-ring (bicyclic) bond motifs is 1. The Kier molecular flexibility index (Phi) is 3.33. The number of hydrogen-bond acceptors (Lipinski definition) is 6. The summed E-state index contributed by atoms with van der Waals surface area (Å²) < 4.78 is 0. The molecule has 0 aliphatic heterocycles. The Labute approximate surface area is 154 Å². The zero-order valence-corrected chi connectivity index (χ0v) is 14.3. The summed E-state index contributed by atoms with van der Waals surface area (Å²) in [5.74, 6) is 3.74. The lowest BCUT2D eigenvalue weighted by Crippen LogP contribution is -2.05. The van der Waals surface area contributed by atoms with Gasteiger partial charge < -0.3 is 11.1 Å². The molecule has 27 heavy (non-hydrogen) atoms. The van der Waals surface area contributed by atoms with E-state index in [9.17, 15) is 0 Å². The number of aromatic nitrogens is 6. The molecule has 1 aliphatic rings. The van der Waals surface area contributed by atoms with Crippen molar-refractivity contribution >= 4 is 28.4 Å². The summed E-state index contributed by atoms with van der Waals surface area (Å²) in [5.41, 5.74) is 10.6. The lowest BCUT2D eigenvalue weighted by molar-refractivity contribution is 0.965. The number of nitrogens with two attached hydrogens (primary N) is 1. The minimum atomic E-state index is 0.241. The van der Waals surface area contributed by atoms with Crippen molar-refractivity contribution in [1.29, 1.82) is 0 Å². The van der Waals surface area contributed by atoms with E-state index in [1.54, 1.807) is 6.20 Å². The van der Waals surface area contributed by atoms with Crippen molar-refractivity contribution in [3.05, 3.63) is 41.7 Å². The molecule has 0 amide bonds. The van der Waals surface area contributed by atoms with E-state index < -0.39 is 0 Å². The second-order valence-corrected chi connectivity index (χ2v) is 6.58. The molecule has 1 aliphatic carbocycles. The molecule has 0 saturated heterocycles. The number of nitrogens with zero attached hydrogens (tertiary/aromatic N) is 4. The maximum absolute atomic E-state index is 6.09. The van der Waals surface area contributed by atoms with E-state index in [-0.39, 0.29) is 5.82 Å². The molecule has 8 heteroatoms. The Morgan fingerprint density at radius 2 is 2.07 bits per heavy atom. The first-order valence-corrected chi connectivity index (χ1v) is 8.61.